The zero-order chi connectivity index (χ0) is 24.7. The Labute approximate surface area is 207 Å². The first kappa shape index (κ1) is 23.4. The highest BCUT2D eigenvalue weighted by Crippen LogP contribution is 2.43. The van der Waals surface area contributed by atoms with E-state index in [1.165, 1.54) is 12.1 Å². The van der Waals surface area contributed by atoms with Crippen molar-refractivity contribution in [3.8, 4) is 17.0 Å². The maximum Gasteiger partial charge on any atom is 0.322 e. The maximum absolute atomic E-state index is 15.0. The zero-order valence-corrected chi connectivity index (χ0v) is 20.2. The molecule has 2 bridgehead atoms. The molecule has 4 heterocycles. The average molecular weight is 497 g/mol. The molecule has 182 valence electrons. The average Bonchev–Trinajstić information content (AvgIpc) is 3.15. The lowest BCUT2D eigenvalue weighted by molar-refractivity contribution is 0.179. The molecule has 2 aromatic heterocycles. The number of fused-ring (bicyclic) bond motifs is 4. The number of carbonyl (C=O) groups excluding carboxylic acids is 1. The van der Waals surface area contributed by atoms with Crippen LogP contribution in [0.3, 0.4) is 0 Å². The number of H-pyrrole nitrogens is 1. The summed E-state index contributed by atoms with van der Waals surface area (Å²) < 4.78 is 20.6. The van der Waals surface area contributed by atoms with Gasteiger partial charge in [-0.1, -0.05) is 25.4 Å². The third-order valence-electron chi connectivity index (χ3n) is 6.51. The summed E-state index contributed by atoms with van der Waals surface area (Å²) in [7, 11) is 0. The SMILES string of the molecule is CC(C)COc1ccc(-c2cc(F)c(NC(=O)N3[C@H]4CC[C@@H]3c3c[nH]c(=O)cc3C4)cc2Cl)cn1. The third kappa shape index (κ3) is 4.62. The van der Waals surface area contributed by atoms with Gasteiger partial charge in [-0.25, -0.2) is 14.2 Å². The van der Waals surface area contributed by atoms with Crippen LogP contribution in [0.1, 0.15) is 43.9 Å². The van der Waals surface area contributed by atoms with Crippen LogP contribution in [-0.4, -0.2) is 33.5 Å². The molecule has 2 atom stereocenters. The van der Waals surface area contributed by atoms with Gasteiger partial charge in [-0.05, 0) is 54.5 Å². The Bertz CT molecular complexity index is 1330. The van der Waals surface area contributed by atoms with E-state index in [0.29, 0.717) is 41.0 Å². The summed E-state index contributed by atoms with van der Waals surface area (Å²) in [6.07, 6.45) is 5.50. The van der Waals surface area contributed by atoms with Crippen molar-refractivity contribution in [2.75, 3.05) is 11.9 Å². The second-order valence-electron chi connectivity index (χ2n) is 9.47. The second-order valence-corrected chi connectivity index (χ2v) is 9.88. The standard InChI is InChI=1S/C26H26ClFN4O3/c1-14(2)13-35-25-6-3-15(11-30-25)18-9-21(28)22(10-20(18)27)31-26(34)32-17-4-5-23(32)19-12-29-24(33)8-16(19)7-17/h3,6,8-12,14,17,23H,4-5,7,13H2,1-2H3,(H,29,33)(H,31,34)/t17-,23+/m0/s1. The molecule has 0 saturated carbocycles. The van der Waals surface area contributed by atoms with Crippen molar-refractivity contribution < 1.29 is 13.9 Å². The molecule has 3 aromatic rings. The molecule has 0 aliphatic carbocycles. The van der Waals surface area contributed by atoms with Crippen molar-refractivity contribution in [2.24, 2.45) is 5.92 Å². The maximum atomic E-state index is 15.0. The van der Waals surface area contributed by atoms with E-state index in [1.54, 1.807) is 35.5 Å². The van der Waals surface area contributed by atoms with Crippen LogP contribution in [0.2, 0.25) is 5.02 Å². The topological polar surface area (TPSA) is 87.3 Å². The third-order valence-corrected chi connectivity index (χ3v) is 6.82. The Kier molecular flexibility index (Phi) is 6.23. The first-order chi connectivity index (χ1) is 16.8. The monoisotopic (exact) mass is 496 g/mol. The van der Waals surface area contributed by atoms with Gasteiger partial charge in [0, 0.05) is 41.7 Å². The van der Waals surface area contributed by atoms with Crippen LogP contribution >= 0.6 is 11.6 Å². The lowest BCUT2D eigenvalue weighted by atomic mass is 9.95. The predicted molar refractivity (Wildman–Crippen MR) is 132 cm³/mol. The first-order valence-electron chi connectivity index (χ1n) is 11.7. The number of amides is 2. The number of aromatic nitrogens is 2. The van der Waals surface area contributed by atoms with E-state index in [9.17, 15) is 9.59 Å². The predicted octanol–water partition coefficient (Wildman–Crippen LogP) is 5.56. The Morgan fingerprint density at radius 3 is 2.89 bits per heavy atom. The van der Waals surface area contributed by atoms with E-state index in [-0.39, 0.29) is 29.4 Å². The zero-order valence-electron chi connectivity index (χ0n) is 19.5. The Hall–Kier alpha value is -3.39. The summed E-state index contributed by atoms with van der Waals surface area (Å²) >= 11 is 6.47. The van der Waals surface area contributed by atoms with E-state index in [2.05, 4.69) is 15.3 Å². The molecule has 0 unspecified atom stereocenters. The smallest absolute Gasteiger partial charge is 0.322 e. The summed E-state index contributed by atoms with van der Waals surface area (Å²) in [5.74, 6) is 0.276. The summed E-state index contributed by atoms with van der Waals surface area (Å²) in [4.78, 5) is 33.6. The minimum atomic E-state index is -0.591. The molecular formula is C26H26ClFN4O3. The molecule has 2 amide bonds. The summed E-state index contributed by atoms with van der Waals surface area (Å²) in [5, 5.41) is 2.99. The van der Waals surface area contributed by atoms with Gasteiger partial charge in [-0.2, -0.15) is 0 Å². The van der Waals surface area contributed by atoms with Gasteiger partial charge in [0.2, 0.25) is 11.4 Å². The lowest BCUT2D eigenvalue weighted by Crippen LogP contribution is -2.44. The Morgan fingerprint density at radius 1 is 1.31 bits per heavy atom. The van der Waals surface area contributed by atoms with Crippen LogP contribution in [0, 0.1) is 11.7 Å². The van der Waals surface area contributed by atoms with E-state index < -0.39 is 5.82 Å². The quantitative estimate of drug-likeness (QED) is 0.484. The molecule has 35 heavy (non-hydrogen) atoms. The van der Waals surface area contributed by atoms with Crippen LogP contribution in [0.25, 0.3) is 11.1 Å². The highest BCUT2D eigenvalue weighted by atomic mass is 35.5. The van der Waals surface area contributed by atoms with Gasteiger partial charge >= 0.3 is 6.03 Å². The van der Waals surface area contributed by atoms with Crippen LogP contribution < -0.4 is 15.6 Å². The summed E-state index contributed by atoms with van der Waals surface area (Å²) in [6.45, 7) is 4.65. The number of urea groups is 1. The highest BCUT2D eigenvalue weighted by Gasteiger charge is 2.43. The molecule has 1 fully saturated rings. The molecule has 1 saturated heterocycles. The molecular weight excluding hydrogens is 471 g/mol. The fraction of sp³-hybridized carbons (Fsp3) is 0.346. The Balaban J connectivity index is 1.34. The molecule has 2 N–H and O–H groups in total. The highest BCUT2D eigenvalue weighted by molar-refractivity contribution is 6.33. The molecule has 9 heteroatoms. The van der Waals surface area contributed by atoms with Crippen molar-refractivity contribution >= 4 is 23.3 Å². The van der Waals surface area contributed by atoms with E-state index in [1.807, 2.05) is 13.8 Å². The number of anilines is 1. The van der Waals surface area contributed by atoms with Crippen LogP contribution in [-0.2, 0) is 6.42 Å². The largest absolute Gasteiger partial charge is 0.477 e. The summed E-state index contributed by atoms with van der Waals surface area (Å²) in [5.41, 5.74) is 2.89. The van der Waals surface area contributed by atoms with Crippen molar-refractivity contribution in [2.45, 2.75) is 45.2 Å². The van der Waals surface area contributed by atoms with E-state index in [0.717, 1.165) is 24.0 Å². The van der Waals surface area contributed by atoms with Gasteiger partial charge in [0.1, 0.15) is 5.82 Å². The molecule has 2 aliphatic rings. The second kappa shape index (κ2) is 9.34. The van der Waals surface area contributed by atoms with Crippen molar-refractivity contribution in [3.05, 3.63) is 75.0 Å². The number of aromatic amines is 1. The fourth-order valence-corrected chi connectivity index (χ4v) is 5.16. The number of pyridine rings is 2. The number of ether oxygens (including phenoxy) is 1. The molecule has 5 rings (SSSR count). The van der Waals surface area contributed by atoms with Crippen LogP contribution in [0.5, 0.6) is 5.88 Å². The van der Waals surface area contributed by atoms with Crippen LogP contribution in [0.15, 0.2) is 47.5 Å². The number of halogens is 2. The number of nitrogens with zero attached hydrogens (tertiary/aromatic N) is 2. The van der Waals surface area contributed by atoms with Gasteiger partial charge in [-0.3, -0.25) is 4.79 Å². The lowest BCUT2D eigenvalue weighted by Gasteiger charge is -2.36. The fourth-order valence-electron chi connectivity index (χ4n) is 4.88. The number of nitrogens with one attached hydrogen (secondary N) is 2. The van der Waals surface area contributed by atoms with Gasteiger partial charge in [0.25, 0.3) is 0 Å². The molecule has 0 spiro atoms. The minimum absolute atomic E-state index is 0.0141. The molecule has 0 radical (unpaired) electrons. The van der Waals surface area contributed by atoms with Crippen molar-refractivity contribution in [1.29, 1.82) is 0 Å². The molecule has 2 aliphatic heterocycles. The van der Waals surface area contributed by atoms with Crippen molar-refractivity contribution in [1.82, 2.24) is 14.9 Å². The van der Waals surface area contributed by atoms with Gasteiger partial charge in [0.15, 0.2) is 0 Å². The van der Waals surface area contributed by atoms with Gasteiger partial charge in [-0.15, -0.1) is 0 Å². The van der Waals surface area contributed by atoms with Crippen molar-refractivity contribution in [3.63, 3.8) is 0 Å². The number of hydrogen-bond donors (Lipinski definition) is 2. The number of benzene rings is 1. The number of rotatable bonds is 5. The summed E-state index contributed by atoms with van der Waals surface area (Å²) in [6, 6.07) is 7.25. The van der Waals surface area contributed by atoms with Gasteiger partial charge in [0.05, 0.1) is 23.4 Å². The molecule has 1 aromatic carbocycles. The molecule has 7 nitrogen and oxygen atoms in total. The van der Waals surface area contributed by atoms with E-state index >= 15 is 4.39 Å². The van der Waals surface area contributed by atoms with E-state index in [4.69, 9.17) is 16.3 Å². The number of hydrogen-bond acceptors (Lipinski definition) is 4. The van der Waals surface area contributed by atoms with Gasteiger partial charge < -0.3 is 19.9 Å². The minimum Gasteiger partial charge on any atom is -0.477 e. The first-order valence-corrected chi connectivity index (χ1v) is 12.1. The number of carbonyl (C=O) groups is 1. The Morgan fingerprint density at radius 2 is 2.14 bits per heavy atom. The van der Waals surface area contributed by atoms with Crippen LogP contribution in [0.4, 0.5) is 14.9 Å². The normalized spacial score (nSPS) is 18.5.